The summed E-state index contributed by atoms with van der Waals surface area (Å²) in [5.74, 6) is -1.05. The molecular formula is C13H19FO2. The van der Waals surface area contributed by atoms with E-state index >= 15 is 0 Å². The molecule has 1 rings (SSSR count). The first kappa shape index (κ1) is 13.0. The molecule has 1 aromatic carbocycles. The van der Waals surface area contributed by atoms with Crippen LogP contribution in [0.5, 0.6) is 5.75 Å². The van der Waals surface area contributed by atoms with Crippen LogP contribution in [0.2, 0.25) is 0 Å². The van der Waals surface area contributed by atoms with Gasteiger partial charge in [-0.3, -0.25) is 0 Å². The monoisotopic (exact) mass is 226 g/mol. The molecule has 90 valence electrons. The number of unbranched alkanes of at least 4 members (excludes halogenated alkanes) is 3. The summed E-state index contributed by atoms with van der Waals surface area (Å²) in [5, 5.41) is 19.0. The van der Waals surface area contributed by atoms with Crippen molar-refractivity contribution in [3.8, 4) is 5.75 Å². The SMILES string of the molecule is CCCCCC[C@H](O)c1ccc(F)c(O)c1. The fourth-order valence-electron chi connectivity index (χ4n) is 1.67. The predicted molar refractivity (Wildman–Crippen MR) is 61.8 cm³/mol. The standard InChI is InChI=1S/C13H19FO2/c1-2-3-4-5-6-12(15)10-7-8-11(14)13(16)9-10/h7-9,12,15-16H,2-6H2,1H3/t12-/m0/s1. The minimum absolute atomic E-state index is 0.398. The van der Waals surface area contributed by atoms with Crippen molar-refractivity contribution in [3.63, 3.8) is 0 Å². The lowest BCUT2D eigenvalue weighted by Gasteiger charge is -2.11. The van der Waals surface area contributed by atoms with E-state index in [2.05, 4.69) is 6.92 Å². The molecule has 0 spiro atoms. The van der Waals surface area contributed by atoms with Gasteiger partial charge in [0.15, 0.2) is 11.6 Å². The third-order valence-corrected chi connectivity index (χ3v) is 2.69. The van der Waals surface area contributed by atoms with Gasteiger partial charge in [0.2, 0.25) is 0 Å². The van der Waals surface area contributed by atoms with Gasteiger partial charge in [-0.1, -0.05) is 38.7 Å². The summed E-state index contributed by atoms with van der Waals surface area (Å²) < 4.78 is 12.8. The Labute approximate surface area is 95.7 Å². The lowest BCUT2D eigenvalue weighted by molar-refractivity contribution is 0.163. The van der Waals surface area contributed by atoms with Gasteiger partial charge in [0.25, 0.3) is 0 Å². The molecule has 0 heterocycles. The Hall–Kier alpha value is -1.09. The third-order valence-electron chi connectivity index (χ3n) is 2.69. The average Bonchev–Trinajstić information content (AvgIpc) is 2.28. The number of benzene rings is 1. The molecule has 0 bridgehead atoms. The zero-order chi connectivity index (χ0) is 12.0. The van der Waals surface area contributed by atoms with E-state index < -0.39 is 17.7 Å². The van der Waals surface area contributed by atoms with Crippen molar-refractivity contribution in [2.45, 2.75) is 45.1 Å². The third kappa shape index (κ3) is 3.81. The number of aliphatic hydroxyl groups is 1. The molecule has 1 atom stereocenters. The first-order valence-electron chi connectivity index (χ1n) is 5.81. The lowest BCUT2D eigenvalue weighted by atomic mass is 10.0. The van der Waals surface area contributed by atoms with Crippen LogP contribution < -0.4 is 0 Å². The van der Waals surface area contributed by atoms with Gasteiger partial charge in [-0.2, -0.15) is 0 Å². The van der Waals surface area contributed by atoms with Crippen molar-refractivity contribution in [2.75, 3.05) is 0 Å². The van der Waals surface area contributed by atoms with Crippen molar-refractivity contribution in [3.05, 3.63) is 29.6 Å². The number of rotatable bonds is 6. The minimum atomic E-state index is -0.651. The second kappa shape index (κ2) is 6.48. The molecule has 0 aliphatic rings. The Balaban J connectivity index is 2.46. The molecule has 0 unspecified atom stereocenters. The molecule has 0 saturated carbocycles. The van der Waals surface area contributed by atoms with E-state index in [1.807, 2.05) is 0 Å². The molecule has 0 aliphatic carbocycles. The van der Waals surface area contributed by atoms with Gasteiger partial charge in [0.1, 0.15) is 0 Å². The quantitative estimate of drug-likeness (QED) is 0.728. The van der Waals surface area contributed by atoms with Crippen LogP contribution in [0.15, 0.2) is 18.2 Å². The van der Waals surface area contributed by atoms with Gasteiger partial charge in [0.05, 0.1) is 6.10 Å². The zero-order valence-corrected chi connectivity index (χ0v) is 9.62. The zero-order valence-electron chi connectivity index (χ0n) is 9.62. The molecule has 3 heteroatoms. The fraction of sp³-hybridized carbons (Fsp3) is 0.538. The van der Waals surface area contributed by atoms with E-state index in [-0.39, 0.29) is 0 Å². The van der Waals surface area contributed by atoms with Crippen LogP contribution in [0.3, 0.4) is 0 Å². The second-order valence-corrected chi connectivity index (χ2v) is 4.08. The predicted octanol–water partition coefficient (Wildman–Crippen LogP) is 3.54. The molecule has 0 amide bonds. The number of hydrogen-bond donors (Lipinski definition) is 2. The first-order valence-corrected chi connectivity index (χ1v) is 5.81. The van der Waals surface area contributed by atoms with E-state index in [4.69, 9.17) is 0 Å². The number of phenols is 1. The van der Waals surface area contributed by atoms with Gasteiger partial charge < -0.3 is 10.2 Å². The van der Waals surface area contributed by atoms with Gasteiger partial charge in [0, 0.05) is 0 Å². The highest BCUT2D eigenvalue weighted by atomic mass is 19.1. The van der Waals surface area contributed by atoms with E-state index in [1.165, 1.54) is 24.6 Å². The maximum atomic E-state index is 12.8. The Morgan fingerprint density at radius 1 is 1.25 bits per heavy atom. The Morgan fingerprint density at radius 3 is 2.62 bits per heavy atom. The van der Waals surface area contributed by atoms with Gasteiger partial charge >= 0.3 is 0 Å². The smallest absolute Gasteiger partial charge is 0.164 e. The largest absolute Gasteiger partial charge is 0.505 e. The highest BCUT2D eigenvalue weighted by Gasteiger charge is 2.09. The summed E-state index contributed by atoms with van der Waals surface area (Å²) in [7, 11) is 0. The summed E-state index contributed by atoms with van der Waals surface area (Å²) in [6.07, 6.45) is 4.43. The molecule has 16 heavy (non-hydrogen) atoms. The van der Waals surface area contributed by atoms with Gasteiger partial charge in [-0.05, 0) is 24.1 Å². The topological polar surface area (TPSA) is 40.5 Å². The summed E-state index contributed by atoms with van der Waals surface area (Å²) in [6, 6.07) is 3.99. The Bertz CT molecular complexity index is 326. The van der Waals surface area contributed by atoms with Crippen LogP contribution in [-0.4, -0.2) is 10.2 Å². The highest BCUT2D eigenvalue weighted by Crippen LogP contribution is 2.24. The van der Waals surface area contributed by atoms with Gasteiger partial charge in [-0.25, -0.2) is 4.39 Å². The van der Waals surface area contributed by atoms with Crippen LogP contribution in [0, 0.1) is 5.82 Å². The number of halogens is 1. The molecule has 1 aromatic rings. The van der Waals surface area contributed by atoms with Crippen molar-refractivity contribution in [1.29, 1.82) is 0 Å². The summed E-state index contributed by atoms with van der Waals surface area (Å²) in [4.78, 5) is 0. The van der Waals surface area contributed by atoms with Crippen LogP contribution in [0.25, 0.3) is 0 Å². The fourth-order valence-corrected chi connectivity index (χ4v) is 1.67. The van der Waals surface area contributed by atoms with Crippen molar-refractivity contribution in [2.24, 2.45) is 0 Å². The molecule has 0 aliphatic heterocycles. The van der Waals surface area contributed by atoms with E-state index in [0.29, 0.717) is 12.0 Å². The Morgan fingerprint density at radius 2 is 2.00 bits per heavy atom. The van der Waals surface area contributed by atoms with E-state index in [9.17, 15) is 14.6 Å². The molecule has 0 radical (unpaired) electrons. The first-order chi connectivity index (χ1) is 7.65. The normalized spacial score (nSPS) is 12.7. The van der Waals surface area contributed by atoms with Crippen LogP contribution in [-0.2, 0) is 0 Å². The summed E-state index contributed by atoms with van der Waals surface area (Å²) in [5.41, 5.74) is 0.579. The molecular weight excluding hydrogens is 207 g/mol. The maximum Gasteiger partial charge on any atom is 0.164 e. The number of aromatic hydroxyl groups is 1. The highest BCUT2D eigenvalue weighted by molar-refractivity contribution is 5.30. The van der Waals surface area contributed by atoms with Crippen molar-refractivity contribution in [1.82, 2.24) is 0 Å². The number of hydrogen-bond acceptors (Lipinski definition) is 2. The van der Waals surface area contributed by atoms with Crippen LogP contribution in [0.4, 0.5) is 4.39 Å². The van der Waals surface area contributed by atoms with E-state index in [1.54, 1.807) is 0 Å². The number of aliphatic hydroxyl groups excluding tert-OH is 1. The summed E-state index contributed by atoms with van der Waals surface area (Å²) in [6.45, 7) is 2.13. The Kier molecular flexibility index (Phi) is 5.26. The lowest BCUT2D eigenvalue weighted by Crippen LogP contribution is -1.97. The second-order valence-electron chi connectivity index (χ2n) is 4.08. The van der Waals surface area contributed by atoms with Crippen LogP contribution in [0.1, 0.15) is 50.7 Å². The van der Waals surface area contributed by atoms with Crippen molar-refractivity contribution < 1.29 is 14.6 Å². The minimum Gasteiger partial charge on any atom is -0.505 e. The van der Waals surface area contributed by atoms with Crippen molar-refractivity contribution >= 4 is 0 Å². The number of phenolic OH excluding ortho intramolecular Hbond substituents is 1. The molecule has 2 nitrogen and oxygen atoms in total. The molecule has 2 N–H and O–H groups in total. The molecule has 0 fully saturated rings. The van der Waals surface area contributed by atoms with Gasteiger partial charge in [-0.15, -0.1) is 0 Å². The average molecular weight is 226 g/mol. The summed E-state index contributed by atoms with van der Waals surface area (Å²) >= 11 is 0. The molecule has 0 saturated heterocycles. The van der Waals surface area contributed by atoms with Crippen LogP contribution >= 0.6 is 0 Å². The maximum absolute atomic E-state index is 12.8. The van der Waals surface area contributed by atoms with E-state index in [0.717, 1.165) is 19.3 Å². The molecule has 0 aromatic heterocycles.